The molecule has 0 N–H and O–H groups in total. The molecule has 3 fully saturated rings. The average Bonchev–Trinajstić information content (AvgIpc) is 2.03. The van der Waals surface area contributed by atoms with E-state index < -0.39 is 5.92 Å². The minimum Gasteiger partial charge on any atom is -0.302 e. The smallest absolute Gasteiger partial charge is 0.256 e. The van der Waals surface area contributed by atoms with Crippen molar-refractivity contribution in [1.29, 1.82) is 0 Å². The molecule has 0 spiro atoms. The van der Waals surface area contributed by atoms with Gasteiger partial charge in [-0.1, -0.05) is 13.8 Å². The fourth-order valence-corrected chi connectivity index (χ4v) is 2.59. The zero-order chi connectivity index (χ0) is 9.64. The van der Waals surface area contributed by atoms with Crippen LogP contribution in [-0.4, -0.2) is 30.5 Å². The van der Waals surface area contributed by atoms with Crippen molar-refractivity contribution in [1.82, 2.24) is 4.90 Å². The molecular formula is C10H17F2N. The highest BCUT2D eigenvalue weighted by Gasteiger charge is 2.60. The monoisotopic (exact) mass is 189 g/mol. The number of nitrogens with zero attached hydrogens (tertiary/aromatic N) is 1. The van der Waals surface area contributed by atoms with Crippen LogP contribution in [-0.2, 0) is 0 Å². The van der Waals surface area contributed by atoms with E-state index in [2.05, 4.69) is 18.7 Å². The molecule has 3 aliphatic rings. The van der Waals surface area contributed by atoms with E-state index in [4.69, 9.17) is 0 Å². The Morgan fingerprint density at radius 2 is 1.85 bits per heavy atom. The summed E-state index contributed by atoms with van der Waals surface area (Å²) in [5.74, 6) is -2.44. The second-order valence-electron chi connectivity index (χ2n) is 4.92. The van der Waals surface area contributed by atoms with Gasteiger partial charge in [-0.2, -0.15) is 0 Å². The van der Waals surface area contributed by atoms with Gasteiger partial charge in [-0.05, 0) is 12.3 Å². The van der Waals surface area contributed by atoms with Gasteiger partial charge in [0.05, 0.1) is 0 Å². The first kappa shape index (κ1) is 9.38. The molecule has 2 bridgehead atoms. The zero-order valence-corrected chi connectivity index (χ0v) is 8.26. The highest BCUT2D eigenvalue weighted by molar-refractivity contribution is 5.03. The molecule has 0 aromatic heterocycles. The summed E-state index contributed by atoms with van der Waals surface area (Å²) in [6.07, 6.45) is 0.752. The Morgan fingerprint density at radius 1 is 1.31 bits per heavy atom. The van der Waals surface area contributed by atoms with E-state index in [1.165, 1.54) is 0 Å². The first-order valence-electron chi connectivity index (χ1n) is 5.10. The van der Waals surface area contributed by atoms with Crippen LogP contribution < -0.4 is 0 Å². The molecular weight excluding hydrogens is 172 g/mol. The number of fused-ring (bicyclic) bond motifs is 2. The minimum absolute atomic E-state index is 0.343. The highest BCUT2D eigenvalue weighted by atomic mass is 19.3. The first-order chi connectivity index (χ1) is 6.00. The third kappa shape index (κ3) is 1.47. The third-order valence-corrected chi connectivity index (χ3v) is 3.24. The topological polar surface area (TPSA) is 3.24 Å². The molecule has 1 saturated carbocycles. The summed E-state index contributed by atoms with van der Waals surface area (Å²) in [4.78, 5) is 2.20. The van der Waals surface area contributed by atoms with Gasteiger partial charge in [-0.3, -0.25) is 0 Å². The number of alkyl halides is 2. The Labute approximate surface area is 78.1 Å². The van der Waals surface area contributed by atoms with Crippen LogP contribution in [0.1, 0.15) is 20.3 Å². The summed E-state index contributed by atoms with van der Waals surface area (Å²) >= 11 is 0. The molecule has 2 heterocycles. The quantitative estimate of drug-likeness (QED) is 0.644. The molecule has 2 aliphatic heterocycles. The number of hydrogen-bond acceptors (Lipinski definition) is 1. The van der Waals surface area contributed by atoms with Gasteiger partial charge in [0.25, 0.3) is 5.92 Å². The second kappa shape index (κ2) is 2.91. The number of hydrogen-bond donors (Lipinski definition) is 0. The third-order valence-electron chi connectivity index (χ3n) is 3.24. The molecule has 2 saturated heterocycles. The largest absolute Gasteiger partial charge is 0.302 e. The molecule has 76 valence electrons. The van der Waals surface area contributed by atoms with Crippen molar-refractivity contribution >= 4 is 0 Å². The SMILES string of the molecule is CC(C)CN1CC2CC(C1)C2(F)F. The van der Waals surface area contributed by atoms with Gasteiger partial charge in [-0.25, -0.2) is 8.78 Å². The Hall–Kier alpha value is -0.180. The Balaban J connectivity index is 1.90. The maximum atomic E-state index is 13.1. The second-order valence-corrected chi connectivity index (χ2v) is 4.92. The van der Waals surface area contributed by atoms with Gasteiger partial charge in [0, 0.05) is 31.5 Å². The lowest BCUT2D eigenvalue weighted by Gasteiger charge is -2.53. The Bertz CT molecular complexity index is 189. The fourth-order valence-electron chi connectivity index (χ4n) is 2.59. The maximum Gasteiger partial charge on any atom is 0.256 e. The highest BCUT2D eigenvalue weighted by Crippen LogP contribution is 2.52. The standard InChI is InChI=1S/C10H17F2N/c1-7(2)4-13-5-8-3-9(6-13)10(8,11)12/h7-9H,3-6H2,1-2H3. The van der Waals surface area contributed by atoms with Crippen LogP contribution in [0.4, 0.5) is 8.78 Å². The molecule has 1 aliphatic carbocycles. The van der Waals surface area contributed by atoms with Gasteiger partial charge in [0.1, 0.15) is 0 Å². The molecule has 0 aromatic rings. The van der Waals surface area contributed by atoms with E-state index in [9.17, 15) is 8.78 Å². The van der Waals surface area contributed by atoms with Gasteiger partial charge < -0.3 is 4.90 Å². The average molecular weight is 189 g/mol. The van der Waals surface area contributed by atoms with Crippen molar-refractivity contribution in [3.8, 4) is 0 Å². The van der Waals surface area contributed by atoms with E-state index in [1.54, 1.807) is 0 Å². The number of rotatable bonds is 2. The van der Waals surface area contributed by atoms with Gasteiger partial charge >= 0.3 is 0 Å². The lowest BCUT2D eigenvalue weighted by atomic mass is 9.67. The summed E-state index contributed by atoms with van der Waals surface area (Å²) < 4.78 is 26.3. The van der Waals surface area contributed by atoms with Crippen molar-refractivity contribution < 1.29 is 8.78 Å². The Morgan fingerprint density at radius 3 is 2.23 bits per heavy atom. The van der Waals surface area contributed by atoms with Crippen molar-refractivity contribution in [2.75, 3.05) is 19.6 Å². The van der Waals surface area contributed by atoms with Crippen LogP contribution in [0.2, 0.25) is 0 Å². The van der Waals surface area contributed by atoms with Crippen LogP contribution in [0.15, 0.2) is 0 Å². The fraction of sp³-hybridized carbons (Fsp3) is 1.00. The molecule has 13 heavy (non-hydrogen) atoms. The normalized spacial score (nSPS) is 37.6. The van der Waals surface area contributed by atoms with Gasteiger partial charge in [0.2, 0.25) is 0 Å². The summed E-state index contributed by atoms with van der Waals surface area (Å²) in [5.41, 5.74) is 0. The summed E-state index contributed by atoms with van der Waals surface area (Å²) in [5, 5.41) is 0. The summed E-state index contributed by atoms with van der Waals surface area (Å²) in [6, 6.07) is 0. The van der Waals surface area contributed by atoms with E-state index in [0.29, 0.717) is 19.0 Å². The molecule has 0 radical (unpaired) electrons. The predicted molar refractivity (Wildman–Crippen MR) is 47.8 cm³/mol. The molecule has 2 unspecified atom stereocenters. The van der Waals surface area contributed by atoms with E-state index in [1.807, 2.05) is 0 Å². The summed E-state index contributed by atoms with van der Waals surface area (Å²) in [7, 11) is 0. The molecule has 3 rings (SSSR count). The first-order valence-corrected chi connectivity index (χ1v) is 5.10. The van der Waals surface area contributed by atoms with Crippen LogP contribution in [0.3, 0.4) is 0 Å². The van der Waals surface area contributed by atoms with Crippen LogP contribution in [0.5, 0.6) is 0 Å². The number of piperidine rings is 2. The maximum absolute atomic E-state index is 13.1. The lowest BCUT2D eigenvalue weighted by Crippen LogP contribution is -2.62. The zero-order valence-electron chi connectivity index (χ0n) is 8.26. The molecule has 0 aromatic carbocycles. The molecule has 3 heteroatoms. The van der Waals surface area contributed by atoms with Gasteiger partial charge in [-0.15, -0.1) is 0 Å². The predicted octanol–water partition coefficient (Wildman–Crippen LogP) is 2.23. The van der Waals surface area contributed by atoms with Crippen molar-refractivity contribution in [2.24, 2.45) is 17.8 Å². The molecule has 0 amide bonds. The van der Waals surface area contributed by atoms with Crippen molar-refractivity contribution in [3.63, 3.8) is 0 Å². The molecule has 1 nitrogen and oxygen atoms in total. The lowest BCUT2D eigenvalue weighted by molar-refractivity contribution is -0.227. The minimum atomic E-state index is -2.34. The van der Waals surface area contributed by atoms with E-state index in [0.717, 1.165) is 13.0 Å². The van der Waals surface area contributed by atoms with Crippen molar-refractivity contribution in [3.05, 3.63) is 0 Å². The summed E-state index contributed by atoms with van der Waals surface area (Å²) in [6.45, 7) is 6.48. The van der Waals surface area contributed by atoms with Gasteiger partial charge in [0.15, 0.2) is 0 Å². The Kier molecular flexibility index (Phi) is 2.10. The molecule has 2 atom stereocenters. The number of halogens is 2. The van der Waals surface area contributed by atoms with Crippen LogP contribution >= 0.6 is 0 Å². The van der Waals surface area contributed by atoms with Crippen LogP contribution in [0.25, 0.3) is 0 Å². The van der Waals surface area contributed by atoms with Crippen LogP contribution in [0, 0.1) is 17.8 Å². The van der Waals surface area contributed by atoms with Crippen molar-refractivity contribution in [2.45, 2.75) is 26.2 Å². The van der Waals surface area contributed by atoms with E-state index >= 15 is 0 Å². The van der Waals surface area contributed by atoms with E-state index in [-0.39, 0.29) is 11.8 Å².